The van der Waals surface area contributed by atoms with Gasteiger partial charge in [-0.15, -0.1) is 11.3 Å². The zero-order valence-corrected chi connectivity index (χ0v) is 17.7. The Morgan fingerprint density at radius 2 is 1.97 bits per heavy atom. The highest BCUT2D eigenvalue weighted by Gasteiger charge is 2.45. The molecule has 2 aliphatic heterocycles. The average Bonchev–Trinajstić information content (AvgIpc) is 3.26. The molecule has 7 heteroatoms. The number of thiophene rings is 1. The fourth-order valence-corrected chi connectivity index (χ4v) is 5.80. The highest BCUT2D eigenvalue weighted by Crippen LogP contribution is 2.40. The van der Waals surface area contributed by atoms with Crippen LogP contribution in [0, 0.1) is 0 Å². The summed E-state index contributed by atoms with van der Waals surface area (Å²) in [5.41, 5.74) is 0.919. The lowest BCUT2D eigenvalue weighted by Crippen LogP contribution is -2.59. The molecule has 0 radical (unpaired) electrons. The van der Waals surface area contributed by atoms with Gasteiger partial charge < -0.3 is 5.11 Å². The van der Waals surface area contributed by atoms with Gasteiger partial charge in [0.25, 0.3) is 5.56 Å². The van der Waals surface area contributed by atoms with Crippen molar-refractivity contribution in [3.63, 3.8) is 0 Å². The number of fused-ring (bicyclic) bond motifs is 2. The molecular weight excluding hydrogens is 396 g/mol. The van der Waals surface area contributed by atoms with Crippen LogP contribution in [-0.2, 0) is 13.1 Å². The Kier molecular flexibility index (Phi) is 5.26. The second-order valence-corrected chi connectivity index (χ2v) is 9.54. The predicted octanol–water partition coefficient (Wildman–Crippen LogP) is 3.32. The molecule has 3 atom stereocenters. The second kappa shape index (κ2) is 8.06. The lowest BCUT2D eigenvalue weighted by molar-refractivity contribution is -0.105. The van der Waals surface area contributed by atoms with Gasteiger partial charge in [0.05, 0.1) is 17.0 Å². The minimum Gasteiger partial charge on any atom is -0.388 e. The Bertz CT molecular complexity index is 1040. The van der Waals surface area contributed by atoms with Crippen molar-refractivity contribution in [2.75, 3.05) is 0 Å². The van der Waals surface area contributed by atoms with Crippen LogP contribution in [0.3, 0.4) is 0 Å². The average molecular weight is 423 g/mol. The molecule has 30 heavy (non-hydrogen) atoms. The number of nitrogens with zero attached hydrogens (tertiary/aromatic N) is 4. The van der Waals surface area contributed by atoms with Crippen molar-refractivity contribution in [2.24, 2.45) is 0 Å². The lowest BCUT2D eigenvalue weighted by atomic mass is 9.75. The molecule has 6 nitrogen and oxygen atoms in total. The molecule has 2 bridgehead atoms. The molecule has 3 aromatic heterocycles. The Balaban J connectivity index is 1.36. The van der Waals surface area contributed by atoms with Crippen LogP contribution in [-0.4, -0.2) is 42.5 Å². The topological polar surface area (TPSA) is 71.2 Å². The van der Waals surface area contributed by atoms with Gasteiger partial charge in [0.2, 0.25) is 0 Å². The first kappa shape index (κ1) is 19.6. The van der Waals surface area contributed by atoms with Crippen molar-refractivity contribution in [1.82, 2.24) is 19.7 Å². The predicted molar refractivity (Wildman–Crippen MR) is 117 cm³/mol. The van der Waals surface area contributed by atoms with E-state index < -0.39 is 5.60 Å². The quantitative estimate of drug-likeness (QED) is 0.683. The fourth-order valence-electron chi connectivity index (χ4n) is 5.10. The number of piperidine rings is 2. The van der Waals surface area contributed by atoms with E-state index in [0.717, 1.165) is 30.0 Å². The summed E-state index contributed by atoms with van der Waals surface area (Å²) in [5, 5.41) is 18.1. The van der Waals surface area contributed by atoms with Crippen molar-refractivity contribution in [1.29, 1.82) is 0 Å². The van der Waals surface area contributed by atoms with E-state index in [4.69, 9.17) is 0 Å². The minimum atomic E-state index is -0.911. The van der Waals surface area contributed by atoms with Crippen molar-refractivity contribution in [2.45, 2.75) is 62.9 Å². The molecule has 3 aromatic rings. The first-order valence-electron chi connectivity index (χ1n) is 10.6. The third kappa shape index (κ3) is 3.97. The summed E-state index contributed by atoms with van der Waals surface area (Å²) in [7, 11) is 0. The largest absolute Gasteiger partial charge is 0.388 e. The molecule has 1 unspecified atom stereocenters. The van der Waals surface area contributed by atoms with E-state index in [1.54, 1.807) is 29.7 Å². The molecule has 0 aliphatic carbocycles. The maximum absolute atomic E-state index is 12.5. The van der Waals surface area contributed by atoms with Gasteiger partial charge in [0.1, 0.15) is 5.69 Å². The molecule has 0 spiro atoms. The van der Waals surface area contributed by atoms with E-state index in [-0.39, 0.29) is 12.1 Å². The highest BCUT2D eigenvalue weighted by molar-refractivity contribution is 7.13. The van der Waals surface area contributed by atoms with Crippen molar-refractivity contribution >= 4 is 11.3 Å². The van der Waals surface area contributed by atoms with Gasteiger partial charge >= 0.3 is 0 Å². The molecular formula is C23H26N4O2S. The summed E-state index contributed by atoms with van der Waals surface area (Å²) in [6, 6.07) is 12.0. The Morgan fingerprint density at radius 1 is 1.13 bits per heavy atom. The van der Waals surface area contributed by atoms with Gasteiger partial charge in [-0.3, -0.25) is 14.7 Å². The zero-order chi connectivity index (χ0) is 20.6. The molecule has 2 saturated heterocycles. The number of rotatable bonds is 5. The Hall–Kier alpha value is -2.35. The van der Waals surface area contributed by atoms with Gasteiger partial charge in [-0.05, 0) is 54.8 Å². The summed E-state index contributed by atoms with van der Waals surface area (Å²) < 4.78 is 1.46. The van der Waals surface area contributed by atoms with E-state index in [1.807, 2.05) is 29.8 Å². The Labute approximate surface area is 179 Å². The van der Waals surface area contributed by atoms with Crippen LogP contribution in [0.5, 0.6) is 0 Å². The van der Waals surface area contributed by atoms with Crippen LogP contribution in [0.15, 0.2) is 59.0 Å². The van der Waals surface area contributed by atoms with Crippen molar-refractivity contribution in [3.8, 4) is 10.6 Å². The number of aliphatic hydroxyl groups is 1. The third-order valence-electron chi connectivity index (χ3n) is 6.42. The fraction of sp³-hybridized carbons (Fsp3) is 0.435. The van der Waals surface area contributed by atoms with Crippen LogP contribution in [0.4, 0.5) is 0 Å². The molecule has 0 amide bonds. The number of pyridine rings is 1. The normalized spacial score (nSPS) is 26.6. The van der Waals surface area contributed by atoms with Crippen molar-refractivity contribution in [3.05, 3.63) is 70.1 Å². The molecule has 2 fully saturated rings. The van der Waals surface area contributed by atoms with Crippen LogP contribution < -0.4 is 5.56 Å². The molecule has 156 valence electrons. The van der Waals surface area contributed by atoms with Gasteiger partial charge in [-0.2, -0.15) is 5.10 Å². The maximum Gasteiger partial charge on any atom is 0.266 e. The Morgan fingerprint density at radius 3 is 2.67 bits per heavy atom. The van der Waals surface area contributed by atoms with Crippen molar-refractivity contribution < 1.29 is 5.11 Å². The lowest BCUT2D eigenvalue weighted by Gasteiger charge is -2.52. The van der Waals surface area contributed by atoms with Gasteiger partial charge in [0, 0.05) is 37.1 Å². The standard InChI is InChI=1S/C23H26N4O2S/c28-22-9-8-20(21-7-3-11-30-21)25-27(22)16-23(29)12-18-5-1-6-19(13-23)26(18)15-17-4-2-10-24-14-17/h2-4,7-11,14,18-19,29H,1,5-6,12-13,15-16H2/t18-,19+,23?. The van der Waals surface area contributed by atoms with Crippen LogP contribution in [0.2, 0.25) is 0 Å². The maximum atomic E-state index is 12.5. The van der Waals surface area contributed by atoms with E-state index in [2.05, 4.69) is 21.0 Å². The van der Waals surface area contributed by atoms with E-state index >= 15 is 0 Å². The zero-order valence-electron chi connectivity index (χ0n) is 16.9. The molecule has 5 heterocycles. The first-order chi connectivity index (χ1) is 14.6. The van der Waals surface area contributed by atoms with Crippen LogP contribution in [0.1, 0.15) is 37.7 Å². The summed E-state index contributed by atoms with van der Waals surface area (Å²) in [4.78, 5) is 20.3. The summed E-state index contributed by atoms with van der Waals surface area (Å²) in [6.07, 6.45) is 8.42. The van der Waals surface area contributed by atoms with Gasteiger partial charge in [-0.25, -0.2) is 4.68 Å². The van der Waals surface area contributed by atoms with E-state index in [0.29, 0.717) is 24.9 Å². The number of hydrogen-bond acceptors (Lipinski definition) is 6. The smallest absolute Gasteiger partial charge is 0.266 e. The number of hydrogen-bond donors (Lipinski definition) is 1. The first-order valence-corrected chi connectivity index (χ1v) is 11.5. The molecule has 2 aliphatic rings. The SMILES string of the molecule is O=c1ccc(-c2cccs2)nn1CC1(O)C[C@H]2CCC[C@@H](C1)N2Cc1cccnc1. The van der Waals surface area contributed by atoms with E-state index in [1.165, 1.54) is 16.7 Å². The van der Waals surface area contributed by atoms with E-state index in [9.17, 15) is 9.90 Å². The molecule has 0 aromatic carbocycles. The molecule has 0 saturated carbocycles. The second-order valence-electron chi connectivity index (χ2n) is 8.60. The van der Waals surface area contributed by atoms with Crippen LogP contribution in [0.25, 0.3) is 10.6 Å². The monoisotopic (exact) mass is 422 g/mol. The summed E-state index contributed by atoms with van der Waals surface area (Å²) in [5.74, 6) is 0. The van der Waals surface area contributed by atoms with Crippen LogP contribution >= 0.6 is 11.3 Å². The number of aromatic nitrogens is 3. The molecule has 5 rings (SSSR count). The van der Waals surface area contributed by atoms with Gasteiger partial charge in [-0.1, -0.05) is 18.6 Å². The minimum absolute atomic E-state index is 0.160. The highest BCUT2D eigenvalue weighted by atomic mass is 32.1. The third-order valence-corrected chi connectivity index (χ3v) is 7.31. The van der Waals surface area contributed by atoms with Gasteiger partial charge in [0.15, 0.2) is 0 Å². The summed E-state index contributed by atoms with van der Waals surface area (Å²) >= 11 is 1.60. The summed E-state index contributed by atoms with van der Waals surface area (Å²) in [6.45, 7) is 1.12. The molecule has 1 N–H and O–H groups in total.